The van der Waals surface area contributed by atoms with Gasteiger partial charge in [-0.1, -0.05) is 0 Å². The second kappa shape index (κ2) is 6.31. The normalized spacial score (nSPS) is 12.4. The summed E-state index contributed by atoms with van der Waals surface area (Å²) in [5.41, 5.74) is 2.58. The number of aromatic nitrogens is 2. The van der Waals surface area contributed by atoms with Gasteiger partial charge in [-0.15, -0.1) is 11.8 Å². The molecule has 1 aromatic heterocycles. The number of fused-ring (bicyclic) bond motifs is 1. The van der Waals surface area contributed by atoms with Gasteiger partial charge in [0.1, 0.15) is 0 Å². The van der Waals surface area contributed by atoms with Gasteiger partial charge in [0.25, 0.3) is 0 Å². The highest BCUT2D eigenvalue weighted by atomic mass is 32.2. The Morgan fingerprint density at radius 1 is 1.38 bits per heavy atom. The Morgan fingerprint density at radius 2 is 2.24 bits per heavy atom. The molecule has 1 aromatic carbocycles. The van der Waals surface area contributed by atoms with Crippen molar-refractivity contribution in [2.45, 2.75) is 12.7 Å². The average Bonchev–Trinajstić information content (AvgIpc) is 3.07. The number of aryl methyl sites for hydroxylation is 1. The number of hydrogen-bond acceptors (Lipinski definition) is 7. The van der Waals surface area contributed by atoms with Crippen LogP contribution in [0.25, 0.3) is 0 Å². The second-order valence-corrected chi connectivity index (χ2v) is 5.92. The van der Waals surface area contributed by atoms with Gasteiger partial charge in [-0.25, -0.2) is 0 Å². The van der Waals surface area contributed by atoms with Crippen molar-refractivity contribution < 1.29 is 14.3 Å². The summed E-state index contributed by atoms with van der Waals surface area (Å²) < 4.78 is 18.8. The van der Waals surface area contributed by atoms with E-state index in [1.165, 1.54) is 23.5 Å². The van der Waals surface area contributed by atoms with E-state index in [1.807, 2.05) is 6.92 Å². The van der Waals surface area contributed by atoms with Crippen molar-refractivity contribution in [3.63, 3.8) is 0 Å². The molecule has 0 unspecified atom stereocenters. The number of thioether (sulfide) groups is 1. The van der Waals surface area contributed by atoms with Gasteiger partial charge in [0.15, 0.2) is 11.5 Å². The average molecular weight is 323 g/mol. The van der Waals surface area contributed by atoms with Crippen molar-refractivity contribution in [2.75, 3.05) is 17.9 Å². The number of hydrogen-bond donors (Lipinski definition) is 1. The number of rotatable bonds is 5. The summed E-state index contributed by atoms with van der Waals surface area (Å²) in [7, 11) is 0. The molecule has 110 valence electrons. The minimum Gasteiger partial charge on any atom is -0.454 e. The topological polar surface area (TPSA) is 73.3 Å². The Kier molecular flexibility index (Phi) is 4.26. The van der Waals surface area contributed by atoms with Gasteiger partial charge in [-0.05, 0) is 19.1 Å². The lowest BCUT2D eigenvalue weighted by atomic mass is 10.3. The third kappa shape index (κ3) is 3.45. The minimum atomic E-state index is -0.0558. The second-order valence-electron chi connectivity index (χ2n) is 4.41. The summed E-state index contributed by atoms with van der Waals surface area (Å²) in [6.45, 7) is 2.15. The molecule has 21 heavy (non-hydrogen) atoms. The SMILES string of the molecule is Cc1nsnc1CSCC(=O)Nc1ccc2c(c1)OCO2. The Hall–Kier alpha value is -1.80. The van der Waals surface area contributed by atoms with Gasteiger partial charge in [0.05, 0.1) is 28.9 Å². The van der Waals surface area contributed by atoms with Gasteiger partial charge in [-0.2, -0.15) is 8.75 Å². The van der Waals surface area contributed by atoms with Crippen LogP contribution in [0.15, 0.2) is 18.2 Å². The molecule has 0 saturated heterocycles. The molecule has 6 nitrogen and oxygen atoms in total. The van der Waals surface area contributed by atoms with Crippen LogP contribution in [-0.2, 0) is 10.5 Å². The van der Waals surface area contributed by atoms with Gasteiger partial charge in [0.2, 0.25) is 12.7 Å². The molecule has 1 N–H and O–H groups in total. The molecular formula is C13H13N3O3S2. The summed E-state index contributed by atoms with van der Waals surface area (Å²) in [5, 5.41) is 2.84. The highest BCUT2D eigenvalue weighted by Crippen LogP contribution is 2.34. The molecule has 0 aliphatic carbocycles. The lowest BCUT2D eigenvalue weighted by Gasteiger charge is -2.05. The molecule has 2 aromatic rings. The standard InChI is InChI=1S/C13H13N3O3S2/c1-8-10(16-21-15-8)5-20-6-13(17)14-9-2-3-11-12(4-9)19-7-18-11/h2-4H,5-7H2,1H3,(H,14,17). The van der Waals surface area contributed by atoms with E-state index in [0.717, 1.165) is 11.4 Å². The molecule has 1 amide bonds. The first-order chi connectivity index (χ1) is 10.2. The largest absolute Gasteiger partial charge is 0.454 e. The van der Waals surface area contributed by atoms with Crippen LogP contribution in [0.3, 0.4) is 0 Å². The van der Waals surface area contributed by atoms with Crippen LogP contribution >= 0.6 is 23.5 Å². The van der Waals surface area contributed by atoms with Gasteiger partial charge in [0, 0.05) is 17.5 Å². The van der Waals surface area contributed by atoms with E-state index in [9.17, 15) is 4.79 Å². The first kappa shape index (κ1) is 14.2. The molecule has 0 bridgehead atoms. The van der Waals surface area contributed by atoms with Gasteiger partial charge in [-0.3, -0.25) is 4.79 Å². The lowest BCUT2D eigenvalue weighted by molar-refractivity contribution is -0.113. The maximum absolute atomic E-state index is 11.9. The highest BCUT2D eigenvalue weighted by molar-refractivity contribution is 7.99. The zero-order valence-corrected chi connectivity index (χ0v) is 12.9. The number of carbonyl (C=O) groups excluding carboxylic acids is 1. The van der Waals surface area contributed by atoms with Crippen molar-refractivity contribution >= 4 is 35.1 Å². The highest BCUT2D eigenvalue weighted by Gasteiger charge is 2.14. The van der Waals surface area contributed by atoms with Crippen molar-refractivity contribution in [3.8, 4) is 11.5 Å². The molecule has 0 atom stereocenters. The summed E-state index contributed by atoms with van der Waals surface area (Å²) in [6.07, 6.45) is 0. The zero-order chi connectivity index (χ0) is 14.7. The van der Waals surface area contributed by atoms with Crippen molar-refractivity contribution in [3.05, 3.63) is 29.6 Å². The van der Waals surface area contributed by atoms with E-state index in [1.54, 1.807) is 18.2 Å². The van der Waals surface area contributed by atoms with Crippen LogP contribution in [0.2, 0.25) is 0 Å². The smallest absolute Gasteiger partial charge is 0.234 e. The molecule has 8 heteroatoms. The summed E-state index contributed by atoms with van der Waals surface area (Å²) in [5.74, 6) is 2.36. The van der Waals surface area contributed by atoms with Gasteiger partial charge >= 0.3 is 0 Å². The van der Waals surface area contributed by atoms with Crippen LogP contribution < -0.4 is 14.8 Å². The van der Waals surface area contributed by atoms with Crippen molar-refractivity contribution in [1.82, 2.24) is 8.75 Å². The summed E-state index contributed by atoms with van der Waals surface area (Å²) in [4.78, 5) is 11.9. The fraction of sp³-hybridized carbons (Fsp3) is 0.308. The first-order valence-electron chi connectivity index (χ1n) is 6.27. The quantitative estimate of drug-likeness (QED) is 0.911. The fourth-order valence-corrected chi connectivity index (χ4v) is 3.26. The van der Waals surface area contributed by atoms with E-state index in [-0.39, 0.29) is 12.7 Å². The molecule has 1 aliphatic heterocycles. The van der Waals surface area contributed by atoms with E-state index < -0.39 is 0 Å². The van der Waals surface area contributed by atoms with Crippen molar-refractivity contribution in [2.24, 2.45) is 0 Å². The zero-order valence-electron chi connectivity index (χ0n) is 11.3. The third-order valence-electron chi connectivity index (χ3n) is 2.87. The predicted molar refractivity (Wildman–Crippen MR) is 82.0 cm³/mol. The Labute approximate surface area is 130 Å². The molecule has 2 heterocycles. The maximum atomic E-state index is 11.9. The maximum Gasteiger partial charge on any atom is 0.234 e. The van der Waals surface area contributed by atoms with E-state index in [0.29, 0.717) is 28.7 Å². The predicted octanol–water partition coefficient (Wildman–Crippen LogP) is 2.45. The fourth-order valence-electron chi connectivity index (χ4n) is 1.79. The van der Waals surface area contributed by atoms with E-state index >= 15 is 0 Å². The third-order valence-corrected chi connectivity index (χ3v) is 4.48. The molecule has 1 aliphatic rings. The van der Waals surface area contributed by atoms with E-state index in [4.69, 9.17) is 9.47 Å². The molecule has 0 saturated carbocycles. The van der Waals surface area contributed by atoms with Crippen LogP contribution in [0, 0.1) is 6.92 Å². The first-order valence-corrected chi connectivity index (χ1v) is 8.16. The van der Waals surface area contributed by atoms with Gasteiger partial charge < -0.3 is 14.8 Å². The van der Waals surface area contributed by atoms with Crippen LogP contribution in [0.4, 0.5) is 5.69 Å². The Balaban J connectivity index is 1.49. The number of nitrogens with zero attached hydrogens (tertiary/aromatic N) is 2. The molecule has 0 spiro atoms. The molecule has 3 rings (SSSR count). The Bertz CT molecular complexity index is 660. The monoisotopic (exact) mass is 323 g/mol. The number of benzene rings is 1. The van der Waals surface area contributed by atoms with Crippen LogP contribution in [-0.4, -0.2) is 27.2 Å². The summed E-state index contributed by atoms with van der Waals surface area (Å²) in [6, 6.07) is 5.35. The number of carbonyl (C=O) groups is 1. The number of amides is 1. The van der Waals surface area contributed by atoms with Crippen LogP contribution in [0.5, 0.6) is 11.5 Å². The number of anilines is 1. The molecular weight excluding hydrogens is 310 g/mol. The van der Waals surface area contributed by atoms with E-state index in [2.05, 4.69) is 14.1 Å². The molecule has 0 radical (unpaired) electrons. The van der Waals surface area contributed by atoms with Crippen molar-refractivity contribution in [1.29, 1.82) is 0 Å². The number of ether oxygens (including phenoxy) is 2. The summed E-state index contributed by atoms with van der Waals surface area (Å²) >= 11 is 2.71. The number of nitrogens with one attached hydrogen (secondary N) is 1. The Morgan fingerprint density at radius 3 is 3.05 bits per heavy atom. The molecule has 0 fully saturated rings. The van der Waals surface area contributed by atoms with Crippen LogP contribution in [0.1, 0.15) is 11.4 Å². The lowest BCUT2D eigenvalue weighted by Crippen LogP contribution is -2.14. The minimum absolute atomic E-state index is 0.0558.